The largest absolute Gasteiger partial charge is 0.495 e. The van der Waals surface area contributed by atoms with Crippen molar-refractivity contribution in [1.29, 1.82) is 0 Å². The normalized spacial score (nSPS) is 11.7. The molecule has 11 heteroatoms. The molecule has 0 aliphatic rings. The van der Waals surface area contributed by atoms with E-state index in [1.165, 1.54) is 49.6 Å². The fourth-order valence-corrected chi connectivity index (χ4v) is 4.54. The molecule has 3 aromatic rings. The lowest BCUT2D eigenvalue weighted by molar-refractivity contribution is 0.102. The number of sulfonamides is 2. The molecule has 0 bridgehead atoms. The smallest absolute Gasteiger partial charge is 0.255 e. The summed E-state index contributed by atoms with van der Waals surface area (Å²) >= 11 is 0. The lowest BCUT2D eigenvalue weighted by Crippen LogP contribution is -2.24. The second kappa shape index (κ2) is 9.49. The number of nitrogens with two attached hydrogens (primary N) is 1. The molecule has 4 N–H and O–H groups in total. The summed E-state index contributed by atoms with van der Waals surface area (Å²) in [5.41, 5.74) is 1.15. The van der Waals surface area contributed by atoms with Gasteiger partial charge in [0.15, 0.2) is 0 Å². The van der Waals surface area contributed by atoms with Crippen molar-refractivity contribution in [2.75, 3.05) is 12.4 Å². The highest BCUT2D eigenvalue weighted by molar-refractivity contribution is 7.89. The molecule has 1 amide bonds. The summed E-state index contributed by atoms with van der Waals surface area (Å²) in [6.07, 6.45) is 0. The molecule has 0 atom stereocenters. The quantitative estimate of drug-likeness (QED) is 0.455. The lowest BCUT2D eigenvalue weighted by Gasteiger charge is -2.13. The van der Waals surface area contributed by atoms with Gasteiger partial charge in [-0.05, 0) is 48.0 Å². The molecule has 0 fully saturated rings. The van der Waals surface area contributed by atoms with E-state index < -0.39 is 26.0 Å². The van der Waals surface area contributed by atoms with Crippen LogP contribution in [0, 0.1) is 0 Å². The Balaban J connectivity index is 1.82. The van der Waals surface area contributed by atoms with Crippen LogP contribution in [0.1, 0.15) is 15.9 Å². The Hall–Kier alpha value is -3.25. The van der Waals surface area contributed by atoms with E-state index >= 15 is 0 Å². The van der Waals surface area contributed by atoms with Crippen LogP contribution in [0.25, 0.3) is 0 Å². The number of rotatable bonds is 8. The molecular formula is C21H21N3O6S2. The Kier molecular flexibility index (Phi) is 6.94. The molecule has 32 heavy (non-hydrogen) atoms. The van der Waals surface area contributed by atoms with E-state index in [4.69, 9.17) is 9.88 Å². The van der Waals surface area contributed by atoms with Crippen molar-refractivity contribution in [2.24, 2.45) is 5.14 Å². The number of primary sulfonamides is 1. The molecule has 0 aliphatic heterocycles. The molecule has 0 aliphatic carbocycles. The van der Waals surface area contributed by atoms with E-state index in [1.54, 1.807) is 24.3 Å². The van der Waals surface area contributed by atoms with Gasteiger partial charge in [-0.15, -0.1) is 0 Å². The van der Waals surface area contributed by atoms with Crippen molar-refractivity contribution in [3.05, 3.63) is 83.9 Å². The van der Waals surface area contributed by atoms with E-state index in [0.29, 0.717) is 5.69 Å². The molecule has 0 saturated carbocycles. The summed E-state index contributed by atoms with van der Waals surface area (Å²) < 4.78 is 56.1. The zero-order valence-electron chi connectivity index (χ0n) is 17.0. The molecule has 3 rings (SSSR count). The van der Waals surface area contributed by atoms with Crippen LogP contribution >= 0.6 is 0 Å². The van der Waals surface area contributed by atoms with E-state index in [9.17, 15) is 21.6 Å². The average molecular weight is 476 g/mol. The molecule has 0 heterocycles. The maximum atomic E-state index is 12.9. The highest BCUT2D eigenvalue weighted by Gasteiger charge is 2.22. The van der Waals surface area contributed by atoms with Crippen LogP contribution in [0.4, 0.5) is 5.69 Å². The van der Waals surface area contributed by atoms with E-state index in [0.717, 1.165) is 5.56 Å². The molecule has 9 nitrogen and oxygen atoms in total. The Morgan fingerprint density at radius 2 is 1.59 bits per heavy atom. The standard InChI is InChI=1S/C21H21N3O6S2/c1-30-19-12-7-16(21(25)24-17-8-10-18(11-9-17)31(22,26)27)13-20(19)32(28,29)23-14-15-5-3-2-4-6-15/h2-13,23H,14H2,1H3,(H,24,25)(H2,22,26,27). The number of methoxy groups -OCH3 is 1. The first-order valence-corrected chi connectivity index (χ1v) is 12.3. The fraction of sp³-hybridized carbons (Fsp3) is 0.0952. The van der Waals surface area contributed by atoms with Crippen LogP contribution in [0.15, 0.2) is 82.6 Å². The van der Waals surface area contributed by atoms with Crippen molar-refractivity contribution in [1.82, 2.24) is 4.72 Å². The average Bonchev–Trinajstić information content (AvgIpc) is 2.78. The SMILES string of the molecule is COc1ccc(C(=O)Nc2ccc(S(N)(=O)=O)cc2)cc1S(=O)(=O)NCc1ccccc1. The Labute approximate surface area is 186 Å². The minimum atomic E-state index is -3.99. The Morgan fingerprint density at radius 3 is 2.19 bits per heavy atom. The lowest BCUT2D eigenvalue weighted by atomic mass is 10.2. The van der Waals surface area contributed by atoms with Crippen LogP contribution in [-0.2, 0) is 26.6 Å². The van der Waals surface area contributed by atoms with Gasteiger partial charge in [-0.1, -0.05) is 30.3 Å². The monoisotopic (exact) mass is 475 g/mol. The molecule has 0 saturated heterocycles. The zero-order chi connectivity index (χ0) is 23.4. The third-order valence-electron chi connectivity index (χ3n) is 4.47. The first-order valence-electron chi connectivity index (χ1n) is 9.26. The van der Waals surface area contributed by atoms with Crippen LogP contribution < -0.4 is 19.9 Å². The van der Waals surface area contributed by atoms with Gasteiger partial charge in [0.05, 0.1) is 12.0 Å². The summed E-state index contributed by atoms with van der Waals surface area (Å²) in [6.45, 7) is 0.0686. The Bertz CT molecular complexity index is 1320. The molecular weight excluding hydrogens is 454 g/mol. The summed E-state index contributed by atoms with van der Waals surface area (Å²) in [5, 5.41) is 7.64. The second-order valence-corrected chi connectivity index (χ2v) is 10.00. The number of benzene rings is 3. The molecule has 3 aromatic carbocycles. The first kappa shape index (κ1) is 23.4. The van der Waals surface area contributed by atoms with Crippen LogP contribution in [0.2, 0.25) is 0 Å². The van der Waals surface area contributed by atoms with Crippen LogP contribution in [0.3, 0.4) is 0 Å². The number of amides is 1. The molecule has 0 unspecified atom stereocenters. The van der Waals surface area contributed by atoms with Crippen molar-refractivity contribution in [3.63, 3.8) is 0 Å². The van der Waals surface area contributed by atoms with Gasteiger partial charge in [0.25, 0.3) is 5.91 Å². The van der Waals surface area contributed by atoms with E-state index in [1.807, 2.05) is 6.07 Å². The summed E-state index contributed by atoms with van der Waals surface area (Å²) in [6, 6.07) is 18.3. The maximum Gasteiger partial charge on any atom is 0.255 e. The zero-order valence-corrected chi connectivity index (χ0v) is 18.6. The number of hydrogen-bond donors (Lipinski definition) is 3. The molecule has 0 aromatic heterocycles. The van der Waals surface area contributed by atoms with Crippen LogP contribution in [-0.4, -0.2) is 29.9 Å². The highest BCUT2D eigenvalue weighted by Crippen LogP contribution is 2.26. The summed E-state index contributed by atoms with van der Waals surface area (Å²) in [7, 11) is -6.51. The number of anilines is 1. The second-order valence-electron chi connectivity index (χ2n) is 6.70. The number of carbonyl (C=O) groups excluding carboxylic acids is 1. The Morgan fingerprint density at radius 1 is 0.938 bits per heavy atom. The number of carbonyl (C=O) groups is 1. The van der Waals surface area contributed by atoms with Gasteiger partial charge in [-0.3, -0.25) is 4.79 Å². The predicted octanol–water partition coefficient (Wildman–Crippen LogP) is 2.07. The number of nitrogens with one attached hydrogen (secondary N) is 2. The summed E-state index contributed by atoms with van der Waals surface area (Å²) in [5.74, 6) is -0.505. The highest BCUT2D eigenvalue weighted by atomic mass is 32.2. The van der Waals surface area contributed by atoms with Crippen molar-refractivity contribution in [2.45, 2.75) is 16.3 Å². The molecule has 0 radical (unpaired) electrons. The third-order valence-corrected chi connectivity index (χ3v) is 6.82. The van der Waals surface area contributed by atoms with Gasteiger partial charge >= 0.3 is 0 Å². The van der Waals surface area contributed by atoms with Gasteiger partial charge in [0.1, 0.15) is 10.6 Å². The van der Waals surface area contributed by atoms with Crippen molar-refractivity contribution in [3.8, 4) is 5.75 Å². The van der Waals surface area contributed by atoms with Gasteiger partial charge < -0.3 is 10.1 Å². The fourth-order valence-electron chi connectivity index (χ4n) is 2.81. The van der Waals surface area contributed by atoms with Crippen molar-refractivity contribution < 1.29 is 26.4 Å². The predicted molar refractivity (Wildman–Crippen MR) is 119 cm³/mol. The van der Waals surface area contributed by atoms with E-state index in [2.05, 4.69) is 10.0 Å². The number of hydrogen-bond acceptors (Lipinski definition) is 6. The maximum absolute atomic E-state index is 12.9. The topological polar surface area (TPSA) is 145 Å². The first-order chi connectivity index (χ1) is 15.1. The number of ether oxygens (including phenoxy) is 1. The molecule has 168 valence electrons. The van der Waals surface area contributed by atoms with Crippen molar-refractivity contribution >= 4 is 31.6 Å². The van der Waals surface area contributed by atoms with Gasteiger partial charge in [-0.25, -0.2) is 26.7 Å². The van der Waals surface area contributed by atoms with Crippen LogP contribution in [0.5, 0.6) is 5.75 Å². The third kappa shape index (κ3) is 5.71. The van der Waals surface area contributed by atoms with Gasteiger partial charge in [0, 0.05) is 17.8 Å². The van der Waals surface area contributed by atoms with Gasteiger partial charge in [0.2, 0.25) is 20.0 Å². The van der Waals surface area contributed by atoms with Gasteiger partial charge in [-0.2, -0.15) is 0 Å². The molecule has 0 spiro atoms. The minimum Gasteiger partial charge on any atom is -0.495 e. The summed E-state index contributed by atoms with van der Waals surface area (Å²) in [4.78, 5) is 12.4. The minimum absolute atomic E-state index is 0.0686. The van der Waals surface area contributed by atoms with E-state index in [-0.39, 0.29) is 27.6 Å².